The monoisotopic (exact) mass is 394 g/mol. The van der Waals surface area contributed by atoms with Gasteiger partial charge in [-0.25, -0.2) is 0 Å². The van der Waals surface area contributed by atoms with Crippen molar-refractivity contribution in [3.8, 4) is 17.5 Å². The van der Waals surface area contributed by atoms with Gasteiger partial charge in [-0.3, -0.25) is 4.79 Å². The van der Waals surface area contributed by atoms with E-state index in [1.165, 1.54) is 16.7 Å². The standard InChI is InChI=1S/C15H15BrN4O2S/c1-10(14(21)20(2)8-4-7-17)23-15-19-18-13(22-15)11-5-3-6-12(16)9-11/h3,5-6,9-10H,4,8H2,1-2H3/t10-/m0/s1. The molecule has 0 fully saturated rings. The maximum absolute atomic E-state index is 12.2. The van der Waals surface area contributed by atoms with Crippen LogP contribution in [0.2, 0.25) is 0 Å². The Kier molecular flexibility index (Phi) is 6.19. The molecule has 0 aliphatic carbocycles. The van der Waals surface area contributed by atoms with E-state index in [1.807, 2.05) is 30.3 Å². The van der Waals surface area contributed by atoms with Gasteiger partial charge in [0.2, 0.25) is 11.8 Å². The molecule has 0 saturated carbocycles. The number of amides is 1. The first kappa shape index (κ1) is 17.5. The summed E-state index contributed by atoms with van der Waals surface area (Å²) < 4.78 is 6.52. The summed E-state index contributed by atoms with van der Waals surface area (Å²) in [4.78, 5) is 13.7. The summed E-state index contributed by atoms with van der Waals surface area (Å²) in [5.41, 5.74) is 0.809. The molecule has 2 rings (SSSR count). The third-order valence-electron chi connectivity index (χ3n) is 3.04. The zero-order valence-corrected chi connectivity index (χ0v) is 15.1. The maximum atomic E-state index is 12.2. The predicted octanol–water partition coefficient (Wildman–Crippen LogP) is 3.35. The van der Waals surface area contributed by atoms with Gasteiger partial charge >= 0.3 is 0 Å². The summed E-state index contributed by atoms with van der Waals surface area (Å²) in [6, 6.07) is 9.57. The van der Waals surface area contributed by atoms with Crippen molar-refractivity contribution in [3.63, 3.8) is 0 Å². The lowest BCUT2D eigenvalue weighted by atomic mass is 10.2. The lowest BCUT2D eigenvalue weighted by molar-refractivity contribution is -0.128. The highest BCUT2D eigenvalue weighted by molar-refractivity contribution is 9.10. The Morgan fingerprint density at radius 2 is 2.30 bits per heavy atom. The topological polar surface area (TPSA) is 83.0 Å². The molecule has 1 aromatic heterocycles. The van der Waals surface area contributed by atoms with Crippen molar-refractivity contribution in [1.82, 2.24) is 15.1 Å². The van der Waals surface area contributed by atoms with Crippen molar-refractivity contribution in [2.75, 3.05) is 13.6 Å². The first-order valence-corrected chi connectivity index (χ1v) is 8.56. The second-order valence-corrected chi connectivity index (χ2v) is 7.02. The van der Waals surface area contributed by atoms with Crippen LogP contribution in [0.5, 0.6) is 0 Å². The van der Waals surface area contributed by atoms with E-state index in [1.54, 1.807) is 14.0 Å². The van der Waals surface area contributed by atoms with Crippen molar-refractivity contribution in [3.05, 3.63) is 28.7 Å². The highest BCUT2D eigenvalue weighted by Gasteiger charge is 2.21. The number of nitrogens with zero attached hydrogens (tertiary/aromatic N) is 4. The van der Waals surface area contributed by atoms with Gasteiger partial charge in [-0.05, 0) is 25.1 Å². The number of benzene rings is 1. The molecule has 2 aromatic rings. The summed E-state index contributed by atoms with van der Waals surface area (Å²) in [5.74, 6) is 0.332. The SMILES string of the molecule is C[C@H](Sc1nnc(-c2cccc(Br)c2)o1)C(=O)N(C)CCC#N. The fourth-order valence-corrected chi connectivity index (χ4v) is 3.03. The minimum Gasteiger partial charge on any atom is -0.411 e. The maximum Gasteiger partial charge on any atom is 0.277 e. The lowest BCUT2D eigenvalue weighted by Gasteiger charge is -2.18. The van der Waals surface area contributed by atoms with E-state index in [-0.39, 0.29) is 11.2 Å². The molecule has 0 radical (unpaired) electrons. The number of thioether (sulfide) groups is 1. The van der Waals surface area contributed by atoms with E-state index in [0.717, 1.165) is 10.0 Å². The lowest BCUT2D eigenvalue weighted by Crippen LogP contribution is -2.33. The van der Waals surface area contributed by atoms with Gasteiger partial charge in [-0.1, -0.05) is 33.8 Å². The fraction of sp³-hybridized carbons (Fsp3) is 0.333. The Balaban J connectivity index is 2.01. The molecule has 0 unspecified atom stereocenters. The Bertz CT molecular complexity index is 728. The molecule has 0 N–H and O–H groups in total. The zero-order valence-electron chi connectivity index (χ0n) is 12.7. The molecule has 0 bridgehead atoms. The van der Waals surface area contributed by atoms with Gasteiger partial charge in [0, 0.05) is 23.6 Å². The van der Waals surface area contributed by atoms with Crippen LogP contribution in [0.1, 0.15) is 13.3 Å². The van der Waals surface area contributed by atoms with Crippen molar-refractivity contribution in [2.24, 2.45) is 0 Å². The van der Waals surface area contributed by atoms with E-state index in [9.17, 15) is 4.79 Å². The summed E-state index contributed by atoms with van der Waals surface area (Å²) in [7, 11) is 1.68. The van der Waals surface area contributed by atoms with Gasteiger partial charge in [0.15, 0.2) is 0 Å². The third kappa shape index (κ3) is 4.81. The van der Waals surface area contributed by atoms with Crippen molar-refractivity contribution >= 4 is 33.6 Å². The summed E-state index contributed by atoms with van der Waals surface area (Å²) in [6.07, 6.45) is 0.313. The molecule has 0 aliphatic heterocycles. The van der Waals surface area contributed by atoms with Crippen LogP contribution in [-0.2, 0) is 4.79 Å². The number of hydrogen-bond acceptors (Lipinski definition) is 6. The van der Waals surface area contributed by atoms with E-state index < -0.39 is 0 Å². The molecule has 1 atom stereocenters. The van der Waals surface area contributed by atoms with E-state index in [4.69, 9.17) is 9.68 Å². The molecule has 8 heteroatoms. The largest absolute Gasteiger partial charge is 0.411 e. The van der Waals surface area contributed by atoms with Gasteiger partial charge in [0.05, 0.1) is 17.7 Å². The van der Waals surface area contributed by atoms with E-state index in [0.29, 0.717) is 24.1 Å². The number of halogens is 1. The number of rotatable bonds is 6. The Morgan fingerprint density at radius 3 is 3.00 bits per heavy atom. The van der Waals surface area contributed by atoms with Crippen LogP contribution in [-0.4, -0.2) is 39.8 Å². The van der Waals surface area contributed by atoms with E-state index in [2.05, 4.69) is 26.1 Å². The molecule has 0 saturated heterocycles. The number of carbonyl (C=O) groups excluding carboxylic acids is 1. The molecule has 6 nitrogen and oxygen atoms in total. The Labute approximate surface area is 147 Å². The molecule has 1 aromatic carbocycles. The quantitative estimate of drug-likeness (QED) is 0.698. The Hall–Kier alpha value is -1.85. The molecule has 0 spiro atoms. The van der Waals surface area contributed by atoms with Crippen molar-refractivity contribution in [1.29, 1.82) is 5.26 Å². The average molecular weight is 395 g/mol. The molecule has 1 heterocycles. The second kappa shape index (κ2) is 8.13. The zero-order chi connectivity index (χ0) is 16.8. The summed E-state index contributed by atoms with van der Waals surface area (Å²) in [5, 5.41) is 16.5. The highest BCUT2D eigenvalue weighted by Crippen LogP contribution is 2.28. The number of nitriles is 1. The van der Waals surface area contributed by atoms with Crippen LogP contribution in [0.3, 0.4) is 0 Å². The molecule has 23 heavy (non-hydrogen) atoms. The first-order valence-electron chi connectivity index (χ1n) is 6.89. The van der Waals surface area contributed by atoms with Gasteiger partial charge in [-0.2, -0.15) is 5.26 Å². The van der Waals surface area contributed by atoms with Crippen molar-refractivity contribution in [2.45, 2.75) is 23.8 Å². The van der Waals surface area contributed by atoms with Gasteiger partial charge in [0.25, 0.3) is 5.22 Å². The first-order chi connectivity index (χ1) is 11.0. The smallest absolute Gasteiger partial charge is 0.277 e. The average Bonchev–Trinajstić information content (AvgIpc) is 3.00. The molecule has 1 amide bonds. The second-order valence-electron chi connectivity index (χ2n) is 4.81. The number of aromatic nitrogens is 2. The fourth-order valence-electron chi connectivity index (χ4n) is 1.84. The van der Waals surface area contributed by atoms with Crippen LogP contribution in [0.4, 0.5) is 0 Å². The van der Waals surface area contributed by atoms with Crippen molar-refractivity contribution < 1.29 is 9.21 Å². The number of carbonyl (C=O) groups is 1. The predicted molar refractivity (Wildman–Crippen MR) is 90.6 cm³/mol. The van der Waals surface area contributed by atoms with Gasteiger partial charge in [0.1, 0.15) is 0 Å². The van der Waals surface area contributed by atoms with Gasteiger partial charge in [-0.15, -0.1) is 10.2 Å². The minimum absolute atomic E-state index is 0.0764. The molecule has 120 valence electrons. The third-order valence-corrected chi connectivity index (χ3v) is 4.45. The van der Waals surface area contributed by atoms with Gasteiger partial charge < -0.3 is 9.32 Å². The van der Waals surface area contributed by atoms with Crippen LogP contribution < -0.4 is 0 Å². The highest BCUT2D eigenvalue weighted by atomic mass is 79.9. The van der Waals surface area contributed by atoms with E-state index >= 15 is 0 Å². The minimum atomic E-state index is -0.366. The molecular weight excluding hydrogens is 380 g/mol. The Morgan fingerprint density at radius 1 is 1.52 bits per heavy atom. The number of hydrogen-bond donors (Lipinski definition) is 0. The molecule has 0 aliphatic rings. The normalized spacial score (nSPS) is 11.7. The summed E-state index contributed by atoms with van der Waals surface area (Å²) >= 11 is 4.60. The summed E-state index contributed by atoms with van der Waals surface area (Å²) in [6.45, 7) is 2.19. The van der Waals surface area contributed by atoms with Crippen LogP contribution in [0.15, 0.2) is 38.4 Å². The van der Waals surface area contributed by atoms with Crippen LogP contribution in [0.25, 0.3) is 11.5 Å². The van der Waals surface area contributed by atoms with Crippen LogP contribution >= 0.6 is 27.7 Å². The van der Waals surface area contributed by atoms with Crippen LogP contribution in [0, 0.1) is 11.3 Å². The molecular formula is C15H15BrN4O2S.